The quantitative estimate of drug-likeness (QED) is 0.138. The van der Waals surface area contributed by atoms with Gasteiger partial charge in [-0.2, -0.15) is 0 Å². The van der Waals surface area contributed by atoms with Crippen LogP contribution in [0.25, 0.3) is 0 Å². The van der Waals surface area contributed by atoms with Crippen LogP contribution < -0.4 is 14.4 Å². The van der Waals surface area contributed by atoms with E-state index in [1.807, 2.05) is 58.0 Å². The van der Waals surface area contributed by atoms with E-state index in [1.54, 1.807) is 54.6 Å². The third-order valence-electron chi connectivity index (χ3n) is 7.99. The Hall–Kier alpha value is -4.05. The van der Waals surface area contributed by atoms with E-state index < -0.39 is 28.5 Å². The zero-order valence-electron chi connectivity index (χ0n) is 27.5. The molecule has 0 aliphatic rings. The number of rotatable bonds is 15. The highest BCUT2D eigenvalue weighted by Crippen LogP contribution is 2.29. The molecule has 11 heteroatoms. The Kier molecular flexibility index (Phi) is 12.9. The van der Waals surface area contributed by atoms with Crippen molar-refractivity contribution in [2.24, 2.45) is 0 Å². The average molecular weight is 711 g/mol. The topological polar surface area (TPSA) is 96.0 Å². The minimum Gasteiger partial charge on any atom is -0.494 e. The number of sulfonamides is 1. The molecular weight excluding hydrogens is 669 g/mol. The summed E-state index contributed by atoms with van der Waals surface area (Å²) in [4.78, 5) is 30.0. The van der Waals surface area contributed by atoms with Crippen LogP contribution in [-0.4, -0.2) is 50.4 Å². The molecule has 0 aliphatic carbocycles. The van der Waals surface area contributed by atoms with Crippen molar-refractivity contribution in [2.45, 2.75) is 64.1 Å². The summed E-state index contributed by atoms with van der Waals surface area (Å²) in [6.07, 6.45) is 0.850. The number of ether oxygens (including phenoxy) is 1. The molecule has 0 saturated heterocycles. The lowest BCUT2D eigenvalue weighted by atomic mass is 10.0. The number of nitrogens with one attached hydrogen (secondary N) is 1. The molecule has 0 aliphatic heterocycles. The monoisotopic (exact) mass is 709 g/mol. The Morgan fingerprint density at radius 3 is 2.06 bits per heavy atom. The summed E-state index contributed by atoms with van der Waals surface area (Å²) in [5.74, 6) is -0.462. The Bertz CT molecular complexity index is 1770. The van der Waals surface area contributed by atoms with Crippen molar-refractivity contribution in [1.29, 1.82) is 0 Å². The van der Waals surface area contributed by atoms with Gasteiger partial charge in [0.1, 0.15) is 18.3 Å². The van der Waals surface area contributed by atoms with Crippen molar-refractivity contribution >= 4 is 50.7 Å². The Morgan fingerprint density at radius 2 is 1.48 bits per heavy atom. The third kappa shape index (κ3) is 9.30. The van der Waals surface area contributed by atoms with Gasteiger partial charge in [-0.05, 0) is 81.3 Å². The number of amides is 2. The normalized spacial score (nSPS) is 12.5. The first-order valence-corrected chi connectivity index (χ1v) is 18.0. The maximum Gasteiger partial charge on any atom is 0.264 e. The highest BCUT2D eigenvalue weighted by Gasteiger charge is 2.35. The van der Waals surface area contributed by atoms with Gasteiger partial charge in [-0.1, -0.05) is 84.2 Å². The molecule has 2 amide bonds. The number of nitrogens with zero attached hydrogens (tertiary/aromatic N) is 2. The van der Waals surface area contributed by atoms with Crippen molar-refractivity contribution in [3.05, 3.63) is 124 Å². The van der Waals surface area contributed by atoms with Gasteiger partial charge in [0.2, 0.25) is 11.8 Å². The smallest absolute Gasteiger partial charge is 0.264 e. The summed E-state index contributed by atoms with van der Waals surface area (Å²) in [5.41, 5.74) is 2.48. The summed E-state index contributed by atoms with van der Waals surface area (Å²) >= 11 is 13.2. The van der Waals surface area contributed by atoms with Crippen LogP contribution in [0, 0.1) is 6.92 Å². The zero-order valence-corrected chi connectivity index (χ0v) is 29.9. The Balaban J connectivity index is 1.83. The van der Waals surface area contributed by atoms with E-state index in [2.05, 4.69) is 5.32 Å². The van der Waals surface area contributed by atoms with Crippen LogP contribution >= 0.6 is 23.2 Å². The van der Waals surface area contributed by atoms with E-state index in [9.17, 15) is 18.0 Å². The zero-order chi connectivity index (χ0) is 34.8. The molecule has 0 heterocycles. The number of anilines is 1. The Labute approximate surface area is 293 Å². The van der Waals surface area contributed by atoms with Crippen molar-refractivity contribution in [3.63, 3.8) is 0 Å². The molecule has 8 nitrogen and oxygen atoms in total. The van der Waals surface area contributed by atoms with Crippen molar-refractivity contribution < 1.29 is 22.7 Å². The largest absolute Gasteiger partial charge is 0.494 e. The predicted octanol–water partition coefficient (Wildman–Crippen LogP) is 7.45. The second kappa shape index (κ2) is 16.9. The summed E-state index contributed by atoms with van der Waals surface area (Å²) in [6.45, 7) is 7.27. The van der Waals surface area contributed by atoms with E-state index >= 15 is 0 Å². The van der Waals surface area contributed by atoms with Crippen LogP contribution in [0.2, 0.25) is 10.0 Å². The number of carbonyl (C=O) groups is 2. The average Bonchev–Trinajstić information content (AvgIpc) is 3.07. The molecule has 48 heavy (non-hydrogen) atoms. The fourth-order valence-electron chi connectivity index (χ4n) is 5.09. The van der Waals surface area contributed by atoms with Crippen molar-refractivity contribution in [3.8, 4) is 5.75 Å². The molecule has 0 radical (unpaired) electrons. The first kappa shape index (κ1) is 36.8. The van der Waals surface area contributed by atoms with Gasteiger partial charge in [0.05, 0.1) is 17.2 Å². The van der Waals surface area contributed by atoms with E-state index in [0.717, 1.165) is 15.4 Å². The van der Waals surface area contributed by atoms with Crippen LogP contribution in [0.3, 0.4) is 0 Å². The molecule has 4 rings (SSSR count). The lowest BCUT2D eigenvalue weighted by Crippen LogP contribution is -2.54. The van der Waals surface area contributed by atoms with E-state index in [-0.39, 0.29) is 29.8 Å². The summed E-state index contributed by atoms with van der Waals surface area (Å²) < 4.78 is 35.1. The van der Waals surface area contributed by atoms with Crippen LogP contribution in [0.1, 0.15) is 43.9 Å². The second-order valence-corrected chi connectivity index (χ2v) is 14.2. The van der Waals surface area contributed by atoms with Crippen molar-refractivity contribution in [1.82, 2.24) is 10.2 Å². The second-order valence-electron chi connectivity index (χ2n) is 11.5. The molecule has 2 atom stereocenters. The summed E-state index contributed by atoms with van der Waals surface area (Å²) in [5, 5.41) is 3.66. The van der Waals surface area contributed by atoms with E-state index in [4.69, 9.17) is 27.9 Å². The molecule has 0 spiro atoms. The number of carbonyl (C=O) groups excluding carboxylic acids is 2. The highest BCUT2D eigenvalue weighted by atomic mass is 35.5. The molecule has 0 saturated carbocycles. The first-order chi connectivity index (χ1) is 22.9. The fourth-order valence-corrected chi connectivity index (χ4v) is 7.02. The maximum absolute atomic E-state index is 14.7. The molecule has 254 valence electrons. The molecule has 1 N–H and O–H groups in total. The lowest BCUT2D eigenvalue weighted by molar-refractivity contribution is -0.140. The molecule has 4 aromatic carbocycles. The molecule has 0 fully saturated rings. The SMILES string of the molecule is CCOc1ccc(S(=O)(=O)N(CC(=O)N(Cc2c(Cl)cccc2Cl)[C@@H](Cc2ccccc2)C(=O)N[C@H](C)CC)c2ccc(C)cc2)cc1. The van der Waals surface area contributed by atoms with Gasteiger partial charge in [-0.25, -0.2) is 8.42 Å². The molecule has 0 bridgehead atoms. The van der Waals surface area contributed by atoms with Gasteiger partial charge in [0, 0.05) is 34.6 Å². The van der Waals surface area contributed by atoms with Crippen molar-refractivity contribution in [2.75, 3.05) is 17.5 Å². The number of aryl methyl sites for hydroxylation is 1. The lowest BCUT2D eigenvalue weighted by Gasteiger charge is -2.34. The van der Waals surface area contributed by atoms with Gasteiger partial charge in [-0.3, -0.25) is 13.9 Å². The minimum atomic E-state index is -4.27. The summed E-state index contributed by atoms with van der Waals surface area (Å²) in [7, 11) is -4.27. The minimum absolute atomic E-state index is 0.0182. The Morgan fingerprint density at radius 1 is 0.854 bits per heavy atom. The van der Waals surface area contributed by atoms with E-state index in [1.165, 1.54) is 17.0 Å². The number of benzene rings is 4. The van der Waals surface area contributed by atoms with Crippen LogP contribution in [0.4, 0.5) is 5.69 Å². The van der Waals surface area contributed by atoms with Gasteiger partial charge < -0.3 is 15.0 Å². The van der Waals surface area contributed by atoms with Gasteiger partial charge in [0.15, 0.2) is 0 Å². The number of hydrogen-bond acceptors (Lipinski definition) is 5. The molecule has 0 unspecified atom stereocenters. The fraction of sp³-hybridized carbons (Fsp3) is 0.297. The van der Waals surface area contributed by atoms with Crippen LogP contribution in [0.15, 0.2) is 102 Å². The first-order valence-electron chi connectivity index (χ1n) is 15.8. The van der Waals surface area contributed by atoms with Gasteiger partial charge in [0.25, 0.3) is 10.0 Å². The molecular formula is C37H41Cl2N3O5S. The summed E-state index contributed by atoms with van der Waals surface area (Å²) in [6, 6.07) is 26.1. The molecule has 4 aromatic rings. The van der Waals surface area contributed by atoms with E-state index in [0.29, 0.717) is 40.1 Å². The highest BCUT2D eigenvalue weighted by molar-refractivity contribution is 7.92. The van der Waals surface area contributed by atoms with Gasteiger partial charge in [-0.15, -0.1) is 0 Å². The van der Waals surface area contributed by atoms with Crippen LogP contribution in [0.5, 0.6) is 5.75 Å². The van der Waals surface area contributed by atoms with Gasteiger partial charge >= 0.3 is 0 Å². The maximum atomic E-state index is 14.7. The third-order valence-corrected chi connectivity index (χ3v) is 10.5. The number of halogens is 2. The van der Waals surface area contributed by atoms with Crippen LogP contribution in [-0.2, 0) is 32.6 Å². The molecule has 0 aromatic heterocycles. The standard InChI is InChI=1S/C37H41Cl2N3O5S/c1-5-27(4)40-37(44)35(23-28-11-8-7-9-12-28)41(24-32-33(38)13-10-14-34(32)39)36(43)25-42(29-17-15-26(3)16-18-29)48(45,46)31-21-19-30(20-22-31)47-6-2/h7-22,27,35H,5-6,23-25H2,1-4H3,(H,40,44)/t27-,35+/m1/s1. The predicted molar refractivity (Wildman–Crippen MR) is 192 cm³/mol. The number of hydrogen-bond donors (Lipinski definition) is 1.